The zero-order chi connectivity index (χ0) is 32.8. The number of likely N-dealkylation sites (N-methyl/N-ethyl adjacent to an activating group) is 2. The molecule has 0 bridgehead atoms. The topological polar surface area (TPSA) is 216 Å². The van der Waals surface area contributed by atoms with Crippen molar-refractivity contribution in [2.45, 2.75) is 75.8 Å². The highest BCUT2D eigenvalue weighted by Gasteiger charge is 2.43. The molecule has 0 spiro atoms. The van der Waals surface area contributed by atoms with E-state index in [1.54, 1.807) is 60.7 Å². The van der Waals surface area contributed by atoms with E-state index in [4.69, 9.17) is 9.47 Å². The average molecular weight is 619 g/mol. The van der Waals surface area contributed by atoms with E-state index in [1.807, 2.05) is 0 Å². The van der Waals surface area contributed by atoms with Crippen LogP contribution < -0.4 is 21.3 Å². The van der Waals surface area contributed by atoms with Gasteiger partial charge >= 0.3 is 0 Å². The highest BCUT2D eigenvalue weighted by atomic mass is 16.5. The molecule has 0 aliphatic rings. The molecule has 14 heteroatoms. The lowest BCUT2D eigenvalue weighted by Gasteiger charge is -2.32. The van der Waals surface area contributed by atoms with Gasteiger partial charge in [0.05, 0.1) is 25.4 Å². The first kappa shape index (κ1) is 36.3. The molecule has 0 radical (unpaired) electrons. The maximum absolute atomic E-state index is 13.4. The van der Waals surface area contributed by atoms with Gasteiger partial charge in [-0.2, -0.15) is 0 Å². The zero-order valence-corrected chi connectivity index (χ0v) is 25.0. The van der Waals surface area contributed by atoms with Crippen molar-refractivity contribution in [1.29, 1.82) is 0 Å². The summed E-state index contributed by atoms with van der Waals surface area (Å²) in [6.45, 7) is 2.11. The molecule has 8 N–H and O–H groups in total. The highest BCUT2D eigenvalue weighted by Crippen LogP contribution is 2.17. The lowest BCUT2D eigenvalue weighted by atomic mass is 9.99. The predicted octanol–water partition coefficient (Wildman–Crippen LogP) is -1.90. The Bertz CT molecular complexity index is 1110. The average Bonchev–Trinajstić information content (AvgIpc) is 3.02. The highest BCUT2D eigenvalue weighted by molar-refractivity contribution is 5.91. The van der Waals surface area contributed by atoms with E-state index >= 15 is 0 Å². The van der Waals surface area contributed by atoms with Gasteiger partial charge in [-0.25, -0.2) is 0 Å². The van der Waals surface area contributed by atoms with E-state index in [0.717, 1.165) is 0 Å². The van der Waals surface area contributed by atoms with Crippen LogP contribution in [0.3, 0.4) is 0 Å². The number of carbonyl (C=O) groups excluding carboxylic acids is 4. The molecule has 2 unspecified atom stereocenters. The molecule has 0 saturated heterocycles. The van der Waals surface area contributed by atoms with Crippen LogP contribution in [-0.2, 0) is 41.9 Å². The first-order valence-electron chi connectivity index (χ1n) is 14.0. The molecule has 0 fully saturated rings. The second-order valence-corrected chi connectivity index (χ2v) is 10.1. The molecule has 2 aromatic carbocycles. The number of benzene rings is 2. The van der Waals surface area contributed by atoms with E-state index in [9.17, 15) is 39.6 Å². The third-order valence-corrected chi connectivity index (χ3v) is 6.65. The van der Waals surface area contributed by atoms with Crippen molar-refractivity contribution in [3.63, 3.8) is 0 Å². The van der Waals surface area contributed by atoms with Gasteiger partial charge in [0.25, 0.3) is 11.8 Å². The first-order valence-corrected chi connectivity index (χ1v) is 14.0. The zero-order valence-electron chi connectivity index (χ0n) is 25.0. The van der Waals surface area contributed by atoms with Crippen LogP contribution in [0, 0.1) is 0 Å². The summed E-state index contributed by atoms with van der Waals surface area (Å²) in [5, 5.41) is 52.0. The quantitative estimate of drug-likeness (QED) is 0.0986. The van der Waals surface area contributed by atoms with Crippen LogP contribution >= 0.6 is 0 Å². The van der Waals surface area contributed by atoms with Crippen LogP contribution in [0.5, 0.6) is 0 Å². The standard InChI is InChI=1S/C30H42N4O10/c1-17(35)21(27(39)31-3)33-29(41)25(43-15-19-11-7-5-8-12-19)23(37)24(38)26(44-16-20-13-9-6-10-14-20)30(42)34-22(18(2)36)28(40)32-4/h5-14,17-18,21-26,35-38H,15-16H2,1-4H3,(H,31,39)(H,32,40)(H,33,41)(H,34,42)/t17-,18+,21?,22?,23-,24-,25-,26-/m1/s1. The molecule has 4 amide bonds. The molecule has 0 aliphatic heterocycles. The third kappa shape index (κ3) is 10.7. The Balaban J connectivity index is 2.42. The first-order chi connectivity index (χ1) is 20.9. The van der Waals surface area contributed by atoms with E-state index in [-0.39, 0.29) is 13.2 Å². The van der Waals surface area contributed by atoms with Gasteiger partial charge in [-0.15, -0.1) is 0 Å². The Morgan fingerprint density at radius 2 is 0.909 bits per heavy atom. The minimum absolute atomic E-state index is 0.218. The molecule has 44 heavy (non-hydrogen) atoms. The maximum Gasteiger partial charge on any atom is 0.252 e. The Kier molecular flexibility index (Phi) is 14.9. The fraction of sp³-hybridized carbons (Fsp3) is 0.467. The maximum atomic E-state index is 13.4. The number of rotatable bonds is 17. The van der Waals surface area contributed by atoms with Crippen LogP contribution in [0.4, 0.5) is 0 Å². The fourth-order valence-electron chi connectivity index (χ4n) is 4.13. The van der Waals surface area contributed by atoms with Crippen LogP contribution in [0.1, 0.15) is 25.0 Å². The molecule has 2 aromatic rings. The normalized spacial score (nSPS) is 16.6. The van der Waals surface area contributed by atoms with Gasteiger partial charge in [0, 0.05) is 14.1 Å². The second-order valence-electron chi connectivity index (χ2n) is 10.1. The molecule has 0 aliphatic carbocycles. The van der Waals surface area contributed by atoms with Crippen molar-refractivity contribution in [2.75, 3.05) is 14.1 Å². The molecule has 8 atom stereocenters. The number of amides is 4. The van der Waals surface area contributed by atoms with E-state index < -0.39 is 72.3 Å². The largest absolute Gasteiger partial charge is 0.391 e. The Labute approximate surface area is 255 Å². The SMILES string of the molecule is CNC(=O)C(NC(=O)[C@H](OCc1ccccc1)[C@H](O)[C@@H](O)[C@@H](OCc1ccccc1)C(=O)NC(C(=O)NC)[C@@H](C)O)[C@H](C)O. The Morgan fingerprint density at radius 1 is 0.591 bits per heavy atom. The molecule has 0 saturated carbocycles. The number of nitrogens with one attached hydrogen (secondary N) is 4. The van der Waals surface area contributed by atoms with Gasteiger partial charge in [-0.05, 0) is 25.0 Å². The van der Waals surface area contributed by atoms with Gasteiger partial charge in [0.15, 0.2) is 12.2 Å². The molecule has 14 nitrogen and oxygen atoms in total. The summed E-state index contributed by atoms with van der Waals surface area (Å²) in [7, 11) is 2.61. The van der Waals surface area contributed by atoms with E-state index in [1.165, 1.54) is 27.9 Å². The van der Waals surface area contributed by atoms with Crippen LogP contribution in [0.2, 0.25) is 0 Å². The predicted molar refractivity (Wildman–Crippen MR) is 157 cm³/mol. The lowest BCUT2D eigenvalue weighted by Crippen LogP contribution is -2.61. The van der Waals surface area contributed by atoms with Gasteiger partial charge in [0.1, 0.15) is 24.3 Å². The number of ether oxygens (including phenoxy) is 2. The Hall–Kier alpha value is -3.92. The van der Waals surface area contributed by atoms with Gasteiger partial charge in [-0.1, -0.05) is 60.7 Å². The number of aliphatic hydroxyl groups excluding tert-OH is 4. The minimum Gasteiger partial charge on any atom is -0.391 e. The summed E-state index contributed by atoms with van der Waals surface area (Å²) in [6, 6.07) is 14.3. The summed E-state index contributed by atoms with van der Waals surface area (Å²) in [5.74, 6) is -3.60. The summed E-state index contributed by atoms with van der Waals surface area (Å²) in [6.07, 6.45) is -10.7. The number of hydrogen-bond acceptors (Lipinski definition) is 10. The van der Waals surface area contributed by atoms with E-state index in [2.05, 4.69) is 21.3 Å². The molecule has 0 heterocycles. The number of carbonyl (C=O) groups is 4. The van der Waals surface area contributed by atoms with Gasteiger partial charge < -0.3 is 51.2 Å². The van der Waals surface area contributed by atoms with Gasteiger partial charge in [0.2, 0.25) is 11.8 Å². The van der Waals surface area contributed by atoms with Crippen molar-refractivity contribution in [1.82, 2.24) is 21.3 Å². The van der Waals surface area contributed by atoms with Crippen molar-refractivity contribution in [2.24, 2.45) is 0 Å². The van der Waals surface area contributed by atoms with Crippen molar-refractivity contribution >= 4 is 23.6 Å². The summed E-state index contributed by atoms with van der Waals surface area (Å²) < 4.78 is 11.4. The summed E-state index contributed by atoms with van der Waals surface area (Å²) in [4.78, 5) is 51.3. The van der Waals surface area contributed by atoms with Gasteiger partial charge in [-0.3, -0.25) is 19.2 Å². The molecular formula is C30H42N4O10. The second kappa shape index (κ2) is 18.0. The monoisotopic (exact) mass is 618 g/mol. The smallest absolute Gasteiger partial charge is 0.252 e. The van der Waals surface area contributed by atoms with Crippen LogP contribution in [0.15, 0.2) is 60.7 Å². The summed E-state index contributed by atoms with van der Waals surface area (Å²) in [5.41, 5.74) is 1.20. The fourth-order valence-corrected chi connectivity index (χ4v) is 4.13. The van der Waals surface area contributed by atoms with Crippen molar-refractivity contribution in [3.05, 3.63) is 71.8 Å². The Morgan fingerprint density at radius 3 is 1.18 bits per heavy atom. The van der Waals surface area contributed by atoms with Crippen LogP contribution in [0.25, 0.3) is 0 Å². The molecule has 2 rings (SSSR count). The van der Waals surface area contributed by atoms with Crippen molar-refractivity contribution < 1.29 is 49.1 Å². The minimum atomic E-state index is -2.13. The molecule has 242 valence electrons. The van der Waals surface area contributed by atoms with E-state index in [0.29, 0.717) is 11.1 Å². The van der Waals surface area contributed by atoms with Crippen LogP contribution in [-0.4, -0.2) is 107 Å². The molecular weight excluding hydrogens is 576 g/mol. The third-order valence-electron chi connectivity index (χ3n) is 6.65. The number of hydrogen-bond donors (Lipinski definition) is 8. The molecule has 0 aromatic heterocycles. The summed E-state index contributed by atoms with van der Waals surface area (Å²) >= 11 is 0. The lowest BCUT2D eigenvalue weighted by molar-refractivity contribution is -0.172. The van der Waals surface area contributed by atoms with Crippen molar-refractivity contribution in [3.8, 4) is 0 Å². The number of aliphatic hydroxyl groups is 4.